The Morgan fingerprint density at radius 3 is 1.35 bits per heavy atom. The monoisotopic (exact) mass is 647 g/mol. The third-order valence-corrected chi connectivity index (χ3v) is 8.41. The van der Waals surface area contributed by atoms with Crippen molar-refractivity contribution in [2.24, 2.45) is 0 Å². The average Bonchev–Trinajstić information content (AvgIpc) is 3.06. The van der Waals surface area contributed by atoms with E-state index in [-0.39, 0.29) is 25.2 Å². The van der Waals surface area contributed by atoms with Crippen molar-refractivity contribution in [3.63, 3.8) is 0 Å². The van der Waals surface area contributed by atoms with Crippen LogP contribution < -0.4 is 0 Å². The molecule has 1 atom stereocenters. The molecule has 0 saturated heterocycles. The Morgan fingerprint density at radius 1 is 0.500 bits per heavy atom. The van der Waals surface area contributed by atoms with Gasteiger partial charge in [-0.15, -0.1) is 0 Å². The highest BCUT2D eigenvalue weighted by Gasteiger charge is 2.16. The molecule has 0 heterocycles. The van der Waals surface area contributed by atoms with Gasteiger partial charge in [-0.1, -0.05) is 147 Å². The van der Waals surface area contributed by atoms with E-state index < -0.39 is 6.10 Å². The minimum absolute atomic E-state index is 0.0728. The summed E-state index contributed by atoms with van der Waals surface area (Å²) in [7, 11) is 0. The second-order valence-corrected chi connectivity index (χ2v) is 13.0. The fraction of sp³-hybridized carbons (Fsp3) is 0.805. The van der Waals surface area contributed by atoms with Gasteiger partial charge in [-0.05, 0) is 70.6 Å². The van der Waals surface area contributed by atoms with Crippen LogP contribution in [0.3, 0.4) is 0 Å². The summed E-state index contributed by atoms with van der Waals surface area (Å²) in [6, 6.07) is 0. The molecule has 0 radical (unpaired) electrons. The van der Waals surface area contributed by atoms with Crippen molar-refractivity contribution in [1.82, 2.24) is 0 Å². The molecule has 0 aromatic heterocycles. The number of rotatable bonds is 35. The Labute approximate surface area is 285 Å². The molecule has 1 unspecified atom stereocenters. The fourth-order valence-electron chi connectivity index (χ4n) is 5.40. The highest BCUT2D eigenvalue weighted by atomic mass is 16.6. The fourth-order valence-corrected chi connectivity index (χ4v) is 5.40. The van der Waals surface area contributed by atoms with Crippen LogP contribution in [0, 0.1) is 0 Å². The Kier molecular flexibility index (Phi) is 36.0. The molecule has 1 N–H and O–H groups in total. The molecule has 268 valence electrons. The number of esters is 2. The van der Waals surface area contributed by atoms with Crippen LogP contribution in [0.15, 0.2) is 36.5 Å². The van der Waals surface area contributed by atoms with Crippen molar-refractivity contribution < 1.29 is 24.2 Å². The number of carbonyl (C=O) groups is 2. The highest BCUT2D eigenvalue weighted by molar-refractivity contribution is 5.70. The molecular formula is C41H74O5. The number of allylic oxidation sites excluding steroid dienone is 6. The van der Waals surface area contributed by atoms with Crippen molar-refractivity contribution in [3.8, 4) is 0 Å². The number of hydrogen-bond acceptors (Lipinski definition) is 5. The van der Waals surface area contributed by atoms with Crippen LogP contribution in [0.5, 0.6) is 0 Å². The summed E-state index contributed by atoms with van der Waals surface area (Å²) in [5.74, 6) is -0.610. The summed E-state index contributed by atoms with van der Waals surface area (Å²) in [6.07, 6.45) is 44.8. The molecule has 5 nitrogen and oxygen atoms in total. The maximum Gasteiger partial charge on any atom is 0.306 e. The molecule has 0 rings (SSSR count). The van der Waals surface area contributed by atoms with Crippen LogP contribution in [-0.4, -0.2) is 36.4 Å². The SMILES string of the molecule is CCCCCC=CCC=CCCCCCCCC(=O)OC(CO)COC(=O)CCCCCCCCCC=CCCCCCCCC. The van der Waals surface area contributed by atoms with E-state index >= 15 is 0 Å². The van der Waals surface area contributed by atoms with E-state index in [4.69, 9.17) is 9.47 Å². The normalized spacial score (nSPS) is 12.5. The van der Waals surface area contributed by atoms with Crippen molar-refractivity contribution in [2.75, 3.05) is 13.2 Å². The molecular weight excluding hydrogens is 572 g/mol. The molecule has 0 aliphatic heterocycles. The molecule has 0 aliphatic carbocycles. The Morgan fingerprint density at radius 2 is 0.870 bits per heavy atom. The summed E-state index contributed by atoms with van der Waals surface area (Å²) >= 11 is 0. The number of aliphatic hydroxyl groups excluding tert-OH is 1. The maximum absolute atomic E-state index is 12.1. The van der Waals surface area contributed by atoms with E-state index in [9.17, 15) is 14.7 Å². The minimum Gasteiger partial charge on any atom is -0.462 e. The quantitative estimate of drug-likeness (QED) is 0.0421. The van der Waals surface area contributed by atoms with Crippen molar-refractivity contribution >= 4 is 11.9 Å². The van der Waals surface area contributed by atoms with E-state index in [1.165, 1.54) is 116 Å². The lowest BCUT2D eigenvalue weighted by molar-refractivity contribution is -0.161. The number of unbranched alkanes of at least 4 members (excludes halogenated alkanes) is 21. The summed E-state index contributed by atoms with van der Waals surface area (Å²) in [6.45, 7) is 4.09. The second-order valence-electron chi connectivity index (χ2n) is 13.0. The molecule has 46 heavy (non-hydrogen) atoms. The van der Waals surface area contributed by atoms with Gasteiger partial charge in [0.05, 0.1) is 6.61 Å². The number of ether oxygens (including phenoxy) is 2. The van der Waals surface area contributed by atoms with E-state index in [2.05, 4.69) is 50.3 Å². The zero-order valence-corrected chi connectivity index (χ0v) is 30.3. The first-order chi connectivity index (χ1) is 22.6. The molecule has 0 fully saturated rings. The lowest BCUT2D eigenvalue weighted by Gasteiger charge is -2.15. The third-order valence-electron chi connectivity index (χ3n) is 8.41. The summed E-state index contributed by atoms with van der Waals surface area (Å²) in [5.41, 5.74) is 0. The Bertz CT molecular complexity index is 741. The minimum atomic E-state index is -0.778. The largest absolute Gasteiger partial charge is 0.462 e. The van der Waals surface area contributed by atoms with Gasteiger partial charge < -0.3 is 14.6 Å². The van der Waals surface area contributed by atoms with E-state index in [0.717, 1.165) is 51.4 Å². The van der Waals surface area contributed by atoms with Crippen LogP contribution in [0.2, 0.25) is 0 Å². The van der Waals surface area contributed by atoms with Crippen molar-refractivity contribution in [1.29, 1.82) is 0 Å². The van der Waals surface area contributed by atoms with E-state index in [1.54, 1.807) is 0 Å². The Hall–Kier alpha value is -1.88. The van der Waals surface area contributed by atoms with Crippen LogP contribution in [0.25, 0.3) is 0 Å². The molecule has 0 aromatic carbocycles. The number of aliphatic hydroxyl groups is 1. The molecule has 0 aliphatic rings. The zero-order chi connectivity index (χ0) is 33.6. The Balaban J connectivity index is 3.58. The topological polar surface area (TPSA) is 72.8 Å². The molecule has 0 amide bonds. The lowest BCUT2D eigenvalue weighted by atomic mass is 10.1. The van der Waals surface area contributed by atoms with Crippen LogP contribution in [0.4, 0.5) is 0 Å². The molecule has 0 aromatic rings. The first-order valence-corrected chi connectivity index (χ1v) is 19.5. The first-order valence-electron chi connectivity index (χ1n) is 19.5. The van der Waals surface area contributed by atoms with Crippen LogP contribution in [0.1, 0.15) is 194 Å². The van der Waals surface area contributed by atoms with Gasteiger partial charge in [0, 0.05) is 12.8 Å². The van der Waals surface area contributed by atoms with Gasteiger partial charge in [0.2, 0.25) is 0 Å². The smallest absolute Gasteiger partial charge is 0.306 e. The van der Waals surface area contributed by atoms with Gasteiger partial charge in [-0.3, -0.25) is 9.59 Å². The molecule has 0 bridgehead atoms. The second kappa shape index (κ2) is 37.6. The van der Waals surface area contributed by atoms with Gasteiger partial charge in [0.15, 0.2) is 6.10 Å². The first kappa shape index (κ1) is 44.1. The number of hydrogen-bond donors (Lipinski definition) is 1. The standard InChI is InChI=1S/C41H74O5/c1-3-5-7-9-11-13-15-17-19-20-22-23-25-27-29-31-33-35-40(43)45-38-39(37-42)46-41(44)36-34-32-30-28-26-24-21-18-16-14-12-10-8-6-4-2/h12,14,17-19,21,39,42H,3-11,13,15-16,20,22-38H2,1-2H3. The van der Waals surface area contributed by atoms with E-state index in [1.807, 2.05) is 0 Å². The van der Waals surface area contributed by atoms with Crippen LogP contribution in [-0.2, 0) is 19.1 Å². The molecule has 0 saturated carbocycles. The van der Waals surface area contributed by atoms with Gasteiger partial charge in [-0.25, -0.2) is 0 Å². The van der Waals surface area contributed by atoms with Crippen molar-refractivity contribution in [2.45, 2.75) is 200 Å². The third kappa shape index (κ3) is 35.0. The lowest BCUT2D eigenvalue weighted by Crippen LogP contribution is -2.28. The highest BCUT2D eigenvalue weighted by Crippen LogP contribution is 2.13. The average molecular weight is 647 g/mol. The summed E-state index contributed by atoms with van der Waals surface area (Å²) in [5, 5.41) is 9.54. The van der Waals surface area contributed by atoms with Crippen LogP contribution >= 0.6 is 0 Å². The number of carbonyl (C=O) groups excluding carboxylic acids is 2. The van der Waals surface area contributed by atoms with Gasteiger partial charge in [0.25, 0.3) is 0 Å². The predicted molar refractivity (Wildman–Crippen MR) is 196 cm³/mol. The van der Waals surface area contributed by atoms with E-state index in [0.29, 0.717) is 12.8 Å². The van der Waals surface area contributed by atoms with Gasteiger partial charge >= 0.3 is 11.9 Å². The van der Waals surface area contributed by atoms with Crippen molar-refractivity contribution in [3.05, 3.63) is 36.5 Å². The summed E-state index contributed by atoms with van der Waals surface area (Å²) in [4.78, 5) is 24.2. The van der Waals surface area contributed by atoms with Gasteiger partial charge in [0.1, 0.15) is 6.61 Å². The molecule has 0 spiro atoms. The summed E-state index contributed by atoms with van der Waals surface area (Å²) < 4.78 is 10.6. The zero-order valence-electron chi connectivity index (χ0n) is 30.3. The maximum atomic E-state index is 12.1. The van der Waals surface area contributed by atoms with Gasteiger partial charge in [-0.2, -0.15) is 0 Å². The predicted octanol–water partition coefficient (Wildman–Crippen LogP) is 12.1. The molecule has 5 heteroatoms.